The molecule has 0 bridgehead atoms. The van der Waals surface area contributed by atoms with E-state index in [1.54, 1.807) is 7.05 Å². The number of halogens is 1. The van der Waals surface area contributed by atoms with Crippen molar-refractivity contribution in [2.24, 2.45) is 0 Å². The topological polar surface area (TPSA) is 41.1 Å². The first-order valence-corrected chi connectivity index (χ1v) is 5.97. The number of hydrogen-bond acceptors (Lipinski definition) is 2. The van der Waals surface area contributed by atoms with Crippen LogP contribution in [0.25, 0.3) is 0 Å². The summed E-state index contributed by atoms with van der Waals surface area (Å²) in [4.78, 5) is 11.2. The molecule has 0 aliphatic rings. The van der Waals surface area contributed by atoms with Gasteiger partial charge in [-0.3, -0.25) is 4.79 Å². The van der Waals surface area contributed by atoms with Gasteiger partial charge in [-0.05, 0) is 23.1 Å². The normalized spacial score (nSPS) is 11.1. The lowest BCUT2D eigenvalue weighted by molar-refractivity contribution is -0.118. The van der Waals surface area contributed by atoms with Crippen molar-refractivity contribution in [2.75, 3.05) is 18.9 Å². The van der Waals surface area contributed by atoms with Crippen molar-refractivity contribution in [1.82, 2.24) is 5.32 Å². The summed E-state index contributed by atoms with van der Waals surface area (Å²) >= 11 is 6.08. The van der Waals surface area contributed by atoms with E-state index in [-0.39, 0.29) is 17.9 Å². The van der Waals surface area contributed by atoms with Gasteiger partial charge in [0.1, 0.15) is 0 Å². The zero-order valence-electron chi connectivity index (χ0n) is 10.7. The predicted molar refractivity (Wildman–Crippen MR) is 72.7 cm³/mol. The Morgan fingerprint density at radius 2 is 2.00 bits per heavy atom. The number of anilines is 1. The highest BCUT2D eigenvalue weighted by Gasteiger charge is 2.15. The summed E-state index contributed by atoms with van der Waals surface area (Å²) in [6.07, 6.45) is 0. The molecule has 0 spiro atoms. The van der Waals surface area contributed by atoms with Crippen molar-refractivity contribution in [3.05, 3.63) is 28.8 Å². The summed E-state index contributed by atoms with van der Waals surface area (Å²) in [5.74, 6) is -0.0674. The Labute approximate surface area is 108 Å². The lowest BCUT2D eigenvalue weighted by Gasteiger charge is -2.20. The highest BCUT2D eigenvalue weighted by Crippen LogP contribution is 2.29. The number of carbonyl (C=O) groups excluding carboxylic acids is 1. The summed E-state index contributed by atoms with van der Waals surface area (Å²) in [5.41, 5.74) is 2.04. The molecule has 17 heavy (non-hydrogen) atoms. The molecule has 0 aliphatic heterocycles. The molecular formula is C13H19ClN2O. The van der Waals surface area contributed by atoms with Gasteiger partial charge in [-0.1, -0.05) is 38.4 Å². The minimum absolute atomic E-state index is 0.0635. The minimum Gasteiger partial charge on any atom is -0.375 e. The molecule has 2 N–H and O–H groups in total. The molecule has 3 nitrogen and oxygen atoms in total. The van der Waals surface area contributed by atoms with E-state index in [2.05, 4.69) is 31.4 Å². The number of hydrogen-bond donors (Lipinski definition) is 2. The molecule has 0 saturated carbocycles. The quantitative estimate of drug-likeness (QED) is 0.871. The fourth-order valence-corrected chi connectivity index (χ4v) is 1.58. The number of rotatable bonds is 3. The number of amides is 1. The van der Waals surface area contributed by atoms with Gasteiger partial charge in [0.2, 0.25) is 5.91 Å². The van der Waals surface area contributed by atoms with Gasteiger partial charge in [0.05, 0.1) is 17.3 Å². The average molecular weight is 255 g/mol. The van der Waals surface area contributed by atoms with Crippen LogP contribution in [0.5, 0.6) is 0 Å². The van der Waals surface area contributed by atoms with E-state index in [1.807, 2.05) is 18.2 Å². The zero-order valence-corrected chi connectivity index (χ0v) is 11.5. The van der Waals surface area contributed by atoms with Gasteiger partial charge in [0.25, 0.3) is 0 Å². The maximum atomic E-state index is 11.2. The number of nitrogens with one attached hydrogen (secondary N) is 2. The van der Waals surface area contributed by atoms with E-state index in [1.165, 1.54) is 5.56 Å². The van der Waals surface area contributed by atoms with Gasteiger partial charge >= 0.3 is 0 Å². The van der Waals surface area contributed by atoms with E-state index in [0.29, 0.717) is 5.02 Å². The molecule has 0 heterocycles. The van der Waals surface area contributed by atoms with Crippen LogP contribution < -0.4 is 10.6 Å². The molecule has 1 aromatic rings. The molecule has 0 radical (unpaired) electrons. The summed E-state index contributed by atoms with van der Waals surface area (Å²) in [6, 6.07) is 5.85. The summed E-state index contributed by atoms with van der Waals surface area (Å²) in [7, 11) is 1.61. The molecule has 0 fully saturated rings. The van der Waals surface area contributed by atoms with Crippen molar-refractivity contribution in [2.45, 2.75) is 26.2 Å². The van der Waals surface area contributed by atoms with Gasteiger partial charge in [0, 0.05) is 7.05 Å². The summed E-state index contributed by atoms with van der Waals surface area (Å²) < 4.78 is 0. The molecule has 0 atom stereocenters. The number of likely N-dealkylation sites (N-methyl/N-ethyl adjacent to an activating group) is 1. The van der Waals surface area contributed by atoms with E-state index < -0.39 is 0 Å². The maximum absolute atomic E-state index is 11.2. The van der Waals surface area contributed by atoms with Crippen molar-refractivity contribution in [3.8, 4) is 0 Å². The fourth-order valence-electron chi connectivity index (χ4n) is 1.39. The molecule has 0 aromatic heterocycles. The van der Waals surface area contributed by atoms with Gasteiger partial charge in [-0.2, -0.15) is 0 Å². The highest BCUT2D eigenvalue weighted by atomic mass is 35.5. The van der Waals surface area contributed by atoms with E-state index in [9.17, 15) is 4.79 Å². The Bertz CT molecular complexity index is 410. The van der Waals surface area contributed by atoms with Crippen molar-refractivity contribution in [3.63, 3.8) is 0 Å². The first-order chi connectivity index (χ1) is 7.84. The Morgan fingerprint density at radius 3 is 2.53 bits per heavy atom. The Hall–Kier alpha value is -1.22. The molecule has 0 saturated heterocycles. The van der Waals surface area contributed by atoms with Crippen LogP contribution in [-0.2, 0) is 10.2 Å². The van der Waals surface area contributed by atoms with Crippen LogP contribution >= 0.6 is 11.6 Å². The predicted octanol–water partition coefficient (Wildman–Crippen LogP) is 2.80. The lowest BCUT2D eigenvalue weighted by atomic mass is 9.87. The van der Waals surface area contributed by atoms with E-state index in [4.69, 9.17) is 11.6 Å². The first-order valence-electron chi connectivity index (χ1n) is 5.59. The Kier molecular flexibility index (Phi) is 4.40. The van der Waals surface area contributed by atoms with Crippen molar-refractivity contribution in [1.29, 1.82) is 0 Å². The monoisotopic (exact) mass is 254 g/mol. The molecule has 0 unspecified atom stereocenters. The van der Waals surface area contributed by atoms with E-state index in [0.717, 1.165) is 5.69 Å². The number of benzene rings is 1. The largest absolute Gasteiger partial charge is 0.375 e. The smallest absolute Gasteiger partial charge is 0.239 e. The van der Waals surface area contributed by atoms with Gasteiger partial charge in [0.15, 0.2) is 0 Å². The van der Waals surface area contributed by atoms with Crippen LogP contribution in [0.1, 0.15) is 26.3 Å². The molecule has 1 amide bonds. The fraction of sp³-hybridized carbons (Fsp3) is 0.462. The number of carbonyl (C=O) groups is 1. The Balaban J connectivity index is 2.88. The molecule has 94 valence electrons. The van der Waals surface area contributed by atoms with Crippen LogP contribution in [0.15, 0.2) is 18.2 Å². The SMILES string of the molecule is CNC(=O)CNc1cc(C(C)(C)C)ccc1Cl. The van der Waals surface area contributed by atoms with Crippen LogP contribution in [0.3, 0.4) is 0 Å². The first kappa shape index (κ1) is 13.8. The standard InChI is InChI=1S/C13H19ClN2O/c1-13(2,3)9-5-6-10(14)11(7-9)16-8-12(17)15-4/h5-7,16H,8H2,1-4H3,(H,15,17). The average Bonchev–Trinajstić information content (AvgIpc) is 2.26. The third kappa shape index (κ3) is 3.93. The third-order valence-corrected chi connectivity index (χ3v) is 2.88. The Morgan fingerprint density at radius 1 is 1.35 bits per heavy atom. The van der Waals surface area contributed by atoms with Crippen LogP contribution in [0, 0.1) is 0 Å². The van der Waals surface area contributed by atoms with E-state index >= 15 is 0 Å². The lowest BCUT2D eigenvalue weighted by Crippen LogP contribution is -2.26. The van der Waals surface area contributed by atoms with Crippen LogP contribution in [-0.4, -0.2) is 19.5 Å². The van der Waals surface area contributed by atoms with Gasteiger partial charge < -0.3 is 10.6 Å². The third-order valence-electron chi connectivity index (χ3n) is 2.55. The zero-order chi connectivity index (χ0) is 13.1. The van der Waals surface area contributed by atoms with Crippen LogP contribution in [0.4, 0.5) is 5.69 Å². The molecule has 0 aliphatic carbocycles. The molecular weight excluding hydrogens is 236 g/mol. The van der Waals surface area contributed by atoms with Gasteiger partial charge in [-0.15, -0.1) is 0 Å². The highest BCUT2D eigenvalue weighted by molar-refractivity contribution is 6.33. The summed E-state index contributed by atoms with van der Waals surface area (Å²) in [5, 5.41) is 6.21. The second-order valence-corrected chi connectivity index (χ2v) is 5.38. The van der Waals surface area contributed by atoms with Crippen LogP contribution in [0.2, 0.25) is 5.02 Å². The molecule has 4 heteroatoms. The summed E-state index contributed by atoms with van der Waals surface area (Å²) in [6.45, 7) is 6.64. The van der Waals surface area contributed by atoms with Crippen molar-refractivity contribution >= 4 is 23.2 Å². The maximum Gasteiger partial charge on any atom is 0.239 e. The molecule has 1 aromatic carbocycles. The van der Waals surface area contributed by atoms with Crippen molar-refractivity contribution < 1.29 is 4.79 Å². The van der Waals surface area contributed by atoms with Gasteiger partial charge in [-0.25, -0.2) is 0 Å². The molecule has 1 rings (SSSR count). The second-order valence-electron chi connectivity index (χ2n) is 4.97. The second kappa shape index (κ2) is 5.41. The minimum atomic E-state index is -0.0674.